The third kappa shape index (κ3) is 3.61. The zero-order chi connectivity index (χ0) is 22.5. The van der Waals surface area contributed by atoms with E-state index in [4.69, 9.17) is 10.8 Å². The molecule has 2 aliphatic rings. The van der Waals surface area contributed by atoms with Crippen LogP contribution in [-0.4, -0.2) is 72.7 Å². The Kier molecular flexibility index (Phi) is 5.59. The van der Waals surface area contributed by atoms with E-state index in [9.17, 15) is 33.9 Å². The van der Waals surface area contributed by atoms with E-state index in [1.165, 1.54) is 27.7 Å². The lowest BCUT2D eigenvalue weighted by atomic mass is 9.82. The van der Waals surface area contributed by atoms with E-state index in [-0.39, 0.29) is 12.8 Å². The summed E-state index contributed by atoms with van der Waals surface area (Å²) in [5, 5.41) is 18.5. The number of amides is 4. The molecule has 11 nitrogen and oxygen atoms in total. The lowest BCUT2D eigenvalue weighted by Gasteiger charge is -2.41. The number of carboxylic acids is 2. The van der Waals surface area contributed by atoms with Gasteiger partial charge in [0.25, 0.3) is 0 Å². The molecule has 0 saturated carbocycles. The number of hydrogen-bond acceptors (Lipinski definition) is 7. The van der Waals surface area contributed by atoms with Gasteiger partial charge in [0.2, 0.25) is 23.6 Å². The number of carbonyl (C=O) groups excluding carboxylic acids is 4. The van der Waals surface area contributed by atoms with Gasteiger partial charge < -0.3 is 15.9 Å². The maximum atomic E-state index is 13.2. The third-order valence-corrected chi connectivity index (χ3v) is 5.86. The first-order valence-electron chi connectivity index (χ1n) is 9.08. The van der Waals surface area contributed by atoms with Crippen LogP contribution in [0, 0.1) is 11.8 Å². The molecule has 0 bridgehead atoms. The van der Waals surface area contributed by atoms with Crippen LogP contribution in [0.25, 0.3) is 0 Å². The second kappa shape index (κ2) is 7.21. The average Bonchev–Trinajstić information content (AvgIpc) is 3.00. The van der Waals surface area contributed by atoms with Gasteiger partial charge in [-0.25, -0.2) is 0 Å². The van der Waals surface area contributed by atoms with Crippen LogP contribution in [0.1, 0.15) is 47.0 Å². The Morgan fingerprint density at radius 1 is 1.00 bits per heavy atom. The van der Waals surface area contributed by atoms with Crippen LogP contribution >= 0.6 is 0 Å². The van der Waals surface area contributed by atoms with Crippen LogP contribution in [0.5, 0.6) is 0 Å². The minimum atomic E-state index is -1.64. The Morgan fingerprint density at radius 2 is 1.52 bits per heavy atom. The quantitative estimate of drug-likeness (QED) is 0.452. The van der Waals surface area contributed by atoms with Crippen molar-refractivity contribution in [2.45, 2.75) is 64.1 Å². The first kappa shape index (κ1) is 22.5. The molecule has 0 aromatic carbocycles. The lowest BCUT2D eigenvalue weighted by Crippen LogP contribution is -2.58. The lowest BCUT2D eigenvalue weighted by molar-refractivity contribution is -0.160. The molecule has 2 aliphatic heterocycles. The number of hydrogen-bond donors (Lipinski definition) is 3. The van der Waals surface area contributed by atoms with Crippen molar-refractivity contribution in [2.24, 2.45) is 17.6 Å². The SMILES string of the molecule is CC(C)(C1CC(=O)N(C(C)(C)C(CC(=O)O)C(=O)O)C1=O)N1C(=O)CC(N)C1=O. The maximum Gasteiger partial charge on any atom is 0.309 e. The molecule has 29 heavy (non-hydrogen) atoms. The van der Waals surface area contributed by atoms with Crippen molar-refractivity contribution in [2.75, 3.05) is 0 Å². The summed E-state index contributed by atoms with van der Waals surface area (Å²) in [7, 11) is 0. The first-order chi connectivity index (χ1) is 13.1. The smallest absolute Gasteiger partial charge is 0.309 e. The summed E-state index contributed by atoms with van der Waals surface area (Å²) < 4.78 is 0. The molecule has 0 spiro atoms. The van der Waals surface area contributed by atoms with Crippen molar-refractivity contribution in [3.05, 3.63) is 0 Å². The van der Waals surface area contributed by atoms with Gasteiger partial charge in [0.1, 0.15) is 0 Å². The minimum absolute atomic E-state index is 0.202. The topological polar surface area (TPSA) is 175 Å². The summed E-state index contributed by atoms with van der Waals surface area (Å²) in [6, 6.07) is -1.02. The Morgan fingerprint density at radius 3 is 1.93 bits per heavy atom. The molecule has 11 heteroatoms. The van der Waals surface area contributed by atoms with Crippen LogP contribution in [0.15, 0.2) is 0 Å². The van der Waals surface area contributed by atoms with E-state index in [2.05, 4.69) is 0 Å². The van der Waals surface area contributed by atoms with E-state index in [0.717, 1.165) is 9.80 Å². The molecule has 0 aliphatic carbocycles. The van der Waals surface area contributed by atoms with Crippen molar-refractivity contribution in [1.29, 1.82) is 0 Å². The fourth-order valence-corrected chi connectivity index (χ4v) is 4.18. The van der Waals surface area contributed by atoms with Gasteiger partial charge in [-0.2, -0.15) is 0 Å². The highest BCUT2D eigenvalue weighted by Crippen LogP contribution is 2.41. The van der Waals surface area contributed by atoms with Gasteiger partial charge >= 0.3 is 11.9 Å². The molecule has 2 heterocycles. The molecule has 3 unspecified atom stereocenters. The zero-order valence-electron chi connectivity index (χ0n) is 16.7. The predicted octanol–water partition coefficient (Wildman–Crippen LogP) is -0.820. The summed E-state index contributed by atoms with van der Waals surface area (Å²) >= 11 is 0. The minimum Gasteiger partial charge on any atom is -0.481 e. The van der Waals surface area contributed by atoms with Gasteiger partial charge in [-0.05, 0) is 27.7 Å². The zero-order valence-corrected chi connectivity index (χ0v) is 16.7. The molecular formula is C18H25N3O8. The Labute approximate surface area is 166 Å². The van der Waals surface area contributed by atoms with Crippen molar-refractivity contribution >= 4 is 35.6 Å². The second-order valence-electron chi connectivity index (χ2n) is 8.50. The number of imide groups is 2. The molecule has 3 atom stereocenters. The first-order valence-corrected chi connectivity index (χ1v) is 9.08. The fraction of sp³-hybridized carbons (Fsp3) is 0.667. The van der Waals surface area contributed by atoms with Crippen LogP contribution in [0.2, 0.25) is 0 Å². The Bertz CT molecular complexity index is 803. The van der Waals surface area contributed by atoms with Gasteiger partial charge in [-0.15, -0.1) is 0 Å². The van der Waals surface area contributed by atoms with Gasteiger partial charge in [0.15, 0.2) is 0 Å². The number of aliphatic carboxylic acids is 2. The van der Waals surface area contributed by atoms with Gasteiger partial charge in [-0.1, -0.05) is 0 Å². The maximum absolute atomic E-state index is 13.2. The monoisotopic (exact) mass is 411 g/mol. The molecule has 160 valence electrons. The van der Waals surface area contributed by atoms with Crippen LogP contribution < -0.4 is 5.73 Å². The average molecular weight is 411 g/mol. The largest absolute Gasteiger partial charge is 0.481 e. The van der Waals surface area contributed by atoms with E-state index in [1.807, 2.05) is 0 Å². The molecule has 0 aromatic heterocycles. The summed E-state index contributed by atoms with van der Waals surface area (Å²) in [4.78, 5) is 74.8. The van der Waals surface area contributed by atoms with E-state index >= 15 is 0 Å². The third-order valence-electron chi connectivity index (χ3n) is 5.86. The van der Waals surface area contributed by atoms with Crippen LogP contribution in [-0.2, 0) is 28.8 Å². The fourth-order valence-electron chi connectivity index (χ4n) is 4.18. The van der Waals surface area contributed by atoms with Crippen LogP contribution in [0.3, 0.4) is 0 Å². The summed E-state index contributed by atoms with van der Waals surface area (Å²) in [6.07, 6.45) is -1.33. The standard InChI is InChI=1S/C18H25N3O8/c1-17(2,21-12(23)7-10(19)15(21)27)8-5-11(22)20(14(8)26)18(3,4)9(16(28)29)6-13(24)25/h8-10H,5-7,19H2,1-4H3,(H,24,25)(H,28,29). The van der Waals surface area contributed by atoms with Crippen LogP contribution in [0.4, 0.5) is 0 Å². The van der Waals surface area contributed by atoms with E-state index in [0.29, 0.717) is 0 Å². The molecule has 4 N–H and O–H groups in total. The van der Waals surface area contributed by atoms with Crippen molar-refractivity contribution in [1.82, 2.24) is 9.80 Å². The van der Waals surface area contributed by atoms with E-state index in [1.54, 1.807) is 0 Å². The van der Waals surface area contributed by atoms with Crippen molar-refractivity contribution in [3.63, 3.8) is 0 Å². The molecule has 0 radical (unpaired) electrons. The highest BCUT2D eigenvalue weighted by atomic mass is 16.4. The van der Waals surface area contributed by atoms with Gasteiger partial charge in [0.05, 0.1) is 41.8 Å². The molecule has 2 saturated heterocycles. The summed E-state index contributed by atoms with van der Waals surface area (Å²) in [5.74, 6) is -8.15. The Hall–Kier alpha value is -2.82. The molecule has 2 fully saturated rings. The van der Waals surface area contributed by atoms with Crippen molar-refractivity contribution in [3.8, 4) is 0 Å². The highest BCUT2D eigenvalue weighted by molar-refractivity contribution is 6.09. The van der Waals surface area contributed by atoms with Gasteiger partial charge in [-0.3, -0.25) is 38.6 Å². The normalized spacial score (nSPS) is 24.4. The number of nitrogens with two attached hydrogens (primary N) is 1. The van der Waals surface area contributed by atoms with Crippen molar-refractivity contribution < 1.29 is 39.0 Å². The summed E-state index contributed by atoms with van der Waals surface area (Å²) in [6.45, 7) is 5.56. The van der Waals surface area contributed by atoms with Gasteiger partial charge in [0, 0.05) is 6.42 Å². The second-order valence-corrected chi connectivity index (χ2v) is 8.50. The summed E-state index contributed by atoms with van der Waals surface area (Å²) in [5.41, 5.74) is 2.63. The predicted molar refractivity (Wildman–Crippen MR) is 95.9 cm³/mol. The number of carboxylic acid groups (broad SMARTS) is 2. The number of carbonyl (C=O) groups is 6. The Balaban J connectivity index is 2.40. The molecular weight excluding hydrogens is 386 g/mol. The number of rotatable bonds is 7. The van der Waals surface area contributed by atoms with E-state index < -0.39 is 70.9 Å². The molecule has 2 rings (SSSR count). The number of nitrogens with zero attached hydrogens (tertiary/aromatic N) is 2. The molecule has 4 amide bonds. The molecule has 0 aromatic rings. The highest BCUT2D eigenvalue weighted by Gasteiger charge is 2.58. The number of likely N-dealkylation sites (tertiary alicyclic amines) is 2.